The number of benzene rings is 1. The smallest absolute Gasteiger partial charge is 0.264 e. The van der Waals surface area contributed by atoms with Crippen molar-refractivity contribution in [3.8, 4) is 0 Å². The number of nitrogens with zero attached hydrogens (tertiary/aromatic N) is 3. The molecule has 0 spiro atoms. The van der Waals surface area contributed by atoms with Crippen LogP contribution in [0.4, 0.5) is 0 Å². The highest BCUT2D eigenvalue weighted by Gasteiger charge is 2.25. The largest absolute Gasteiger partial charge is 0.395 e. The highest BCUT2D eigenvalue weighted by atomic mass is 32.1. The third kappa shape index (κ3) is 3.84. The average molecular weight is 412 g/mol. The Kier molecular flexibility index (Phi) is 5.78. The lowest BCUT2D eigenvalue weighted by Gasteiger charge is -2.21. The van der Waals surface area contributed by atoms with Gasteiger partial charge in [-0.3, -0.25) is 14.2 Å². The van der Waals surface area contributed by atoms with E-state index in [4.69, 9.17) is 4.98 Å². The van der Waals surface area contributed by atoms with Crippen LogP contribution in [0.5, 0.6) is 0 Å². The Bertz CT molecular complexity index is 1090. The van der Waals surface area contributed by atoms with Gasteiger partial charge < -0.3 is 10.0 Å². The molecule has 0 unspecified atom stereocenters. The second kappa shape index (κ2) is 8.47. The number of carbonyl (C=O) groups is 1. The SMILES string of the molecule is Cc1c(C(=O)N(CCO)Cc2ccccc2)sc2nc3n(c(=O)c12)CCCCC3. The third-order valence-corrected chi connectivity index (χ3v) is 6.65. The van der Waals surface area contributed by atoms with Crippen molar-refractivity contribution in [2.45, 2.75) is 45.7 Å². The van der Waals surface area contributed by atoms with Crippen LogP contribution < -0.4 is 5.56 Å². The summed E-state index contributed by atoms with van der Waals surface area (Å²) < 4.78 is 1.79. The predicted molar refractivity (Wildman–Crippen MR) is 114 cm³/mol. The van der Waals surface area contributed by atoms with Crippen LogP contribution in [-0.2, 0) is 19.5 Å². The summed E-state index contributed by atoms with van der Waals surface area (Å²) in [5.74, 6) is 0.666. The highest BCUT2D eigenvalue weighted by Crippen LogP contribution is 2.29. The van der Waals surface area contributed by atoms with Crippen molar-refractivity contribution < 1.29 is 9.90 Å². The van der Waals surface area contributed by atoms with E-state index >= 15 is 0 Å². The number of carbonyl (C=O) groups excluding carboxylic acids is 1. The number of hydrogen-bond acceptors (Lipinski definition) is 5. The normalized spacial score (nSPS) is 13.9. The van der Waals surface area contributed by atoms with Gasteiger partial charge in [-0.2, -0.15) is 0 Å². The molecule has 6 nitrogen and oxygen atoms in total. The fourth-order valence-corrected chi connectivity index (χ4v) is 5.09. The van der Waals surface area contributed by atoms with E-state index < -0.39 is 0 Å². The second-order valence-corrected chi connectivity index (χ2v) is 8.47. The van der Waals surface area contributed by atoms with E-state index in [0.29, 0.717) is 33.7 Å². The number of amides is 1. The topological polar surface area (TPSA) is 75.4 Å². The molecule has 0 saturated heterocycles. The Hall–Kier alpha value is -2.51. The van der Waals surface area contributed by atoms with Gasteiger partial charge in [0.1, 0.15) is 10.7 Å². The van der Waals surface area contributed by atoms with E-state index in [9.17, 15) is 14.7 Å². The van der Waals surface area contributed by atoms with Gasteiger partial charge in [-0.05, 0) is 30.9 Å². The molecule has 2 aromatic heterocycles. The molecule has 29 heavy (non-hydrogen) atoms. The number of aliphatic hydroxyl groups excluding tert-OH is 1. The standard InChI is InChI=1S/C22H25N3O3S/c1-15-18-20(23-17-10-6-3-7-11-25(17)21(18)27)29-19(15)22(28)24(12-13-26)14-16-8-4-2-5-9-16/h2,4-5,8-9,26H,3,6-7,10-14H2,1H3. The summed E-state index contributed by atoms with van der Waals surface area (Å²) in [5.41, 5.74) is 1.66. The molecule has 0 aliphatic carbocycles. The summed E-state index contributed by atoms with van der Waals surface area (Å²) in [5, 5.41) is 10.0. The van der Waals surface area contributed by atoms with Gasteiger partial charge in [0.2, 0.25) is 0 Å². The van der Waals surface area contributed by atoms with Gasteiger partial charge >= 0.3 is 0 Å². The molecule has 0 bridgehead atoms. The predicted octanol–water partition coefficient (Wildman–Crippen LogP) is 3.13. The zero-order valence-corrected chi connectivity index (χ0v) is 17.4. The summed E-state index contributed by atoms with van der Waals surface area (Å²) in [4.78, 5) is 34.0. The minimum atomic E-state index is -0.164. The van der Waals surface area contributed by atoms with Gasteiger partial charge in [-0.25, -0.2) is 4.98 Å². The molecular weight excluding hydrogens is 386 g/mol. The summed E-state index contributed by atoms with van der Waals surface area (Å²) in [6.07, 6.45) is 3.93. The van der Waals surface area contributed by atoms with E-state index in [-0.39, 0.29) is 24.6 Å². The summed E-state index contributed by atoms with van der Waals surface area (Å²) in [7, 11) is 0. The van der Waals surface area contributed by atoms with Crippen molar-refractivity contribution in [1.29, 1.82) is 0 Å². The first-order chi connectivity index (χ1) is 14.1. The average Bonchev–Trinajstić information content (AvgIpc) is 2.89. The molecule has 1 aliphatic rings. The quantitative estimate of drug-likeness (QED) is 0.700. The third-order valence-electron chi connectivity index (χ3n) is 5.48. The van der Waals surface area contributed by atoms with Gasteiger partial charge in [0, 0.05) is 26.1 Å². The van der Waals surface area contributed by atoms with Gasteiger partial charge in [0.25, 0.3) is 11.5 Å². The van der Waals surface area contributed by atoms with Crippen LogP contribution in [0.25, 0.3) is 10.2 Å². The number of rotatable bonds is 5. The monoisotopic (exact) mass is 411 g/mol. The zero-order chi connectivity index (χ0) is 20.4. The highest BCUT2D eigenvalue weighted by molar-refractivity contribution is 7.20. The van der Waals surface area contributed by atoms with Crippen molar-refractivity contribution >= 4 is 27.5 Å². The number of aromatic nitrogens is 2. The summed E-state index contributed by atoms with van der Waals surface area (Å²) >= 11 is 1.29. The summed E-state index contributed by atoms with van der Waals surface area (Å²) in [6, 6.07) is 9.71. The maximum absolute atomic E-state index is 13.3. The first-order valence-electron chi connectivity index (χ1n) is 10.1. The molecule has 1 aromatic carbocycles. The van der Waals surface area contributed by atoms with E-state index in [1.54, 1.807) is 9.47 Å². The molecule has 3 heterocycles. The Morgan fingerprint density at radius 2 is 2.03 bits per heavy atom. The molecular formula is C22H25N3O3S. The first-order valence-corrected chi connectivity index (χ1v) is 10.9. The number of aryl methyl sites for hydroxylation is 2. The number of thiophene rings is 1. The Morgan fingerprint density at radius 3 is 2.79 bits per heavy atom. The lowest BCUT2D eigenvalue weighted by atomic mass is 10.1. The molecule has 152 valence electrons. The van der Waals surface area contributed by atoms with Gasteiger partial charge in [-0.1, -0.05) is 36.8 Å². The molecule has 0 saturated carbocycles. The first kappa shape index (κ1) is 19.8. The summed E-state index contributed by atoms with van der Waals surface area (Å²) in [6.45, 7) is 3.07. The van der Waals surface area contributed by atoms with Gasteiger partial charge in [0.15, 0.2) is 0 Å². The fraction of sp³-hybridized carbons (Fsp3) is 0.409. The van der Waals surface area contributed by atoms with Crippen LogP contribution >= 0.6 is 11.3 Å². The Labute approximate surface area is 173 Å². The minimum absolute atomic E-state index is 0.0310. The fourth-order valence-electron chi connectivity index (χ4n) is 3.93. The second-order valence-electron chi connectivity index (χ2n) is 7.47. The van der Waals surface area contributed by atoms with Crippen molar-refractivity contribution in [3.63, 3.8) is 0 Å². The lowest BCUT2D eigenvalue weighted by Crippen LogP contribution is -2.33. The van der Waals surface area contributed by atoms with Crippen molar-refractivity contribution in [2.75, 3.05) is 13.2 Å². The molecule has 3 aromatic rings. The van der Waals surface area contributed by atoms with Gasteiger partial charge in [-0.15, -0.1) is 11.3 Å². The molecule has 1 amide bonds. The van der Waals surface area contributed by atoms with E-state index in [0.717, 1.165) is 37.1 Å². The molecule has 1 aliphatic heterocycles. The van der Waals surface area contributed by atoms with Crippen LogP contribution in [0.15, 0.2) is 35.1 Å². The zero-order valence-electron chi connectivity index (χ0n) is 16.6. The number of fused-ring (bicyclic) bond motifs is 2. The number of hydrogen-bond donors (Lipinski definition) is 1. The lowest BCUT2D eigenvalue weighted by molar-refractivity contribution is 0.0712. The van der Waals surface area contributed by atoms with Crippen LogP contribution in [-0.4, -0.2) is 38.6 Å². The maximum Gasteiger partial charge on any atom is 0.264 e. The molecule has 4 rings (SSSR count). The Balaban J connectivity index is 1.74. The van der Waals surface area contributed by atoms with Crippen molar-refractivity contribution in [2.24, 2.45) is 0 Å². The molecule has 1 N–H and O–H groups in total. The molecule has 0 fully saturated rings. The van der Waals surface area contributed by atoms with E-state index in [1.165, 1.54) is 11.3 Å². The minimum Gasteiger partial charge on any atom is -0.395 e. The van der Waals surface area contributed by atoms with Crippen LogP contribution in [0.3, 0.4) is 0 Å². The molecule has 0 radical (unpaired) electrons. The molecule has 0 atom stereocenters. The number of aliphatic hydroxyl groups is 1. The van der Waals surface area contributed by atoms with E-state index in [1.807, 2.05) is 37.3 Å². The van der Waals surface area contributed by atoms with E-state index in [2.05, 4.69) is 0 Å². The van der Waals surface area contributed by atoms with Crippen LogP contribution in [0, 0.1) is 6.92 Å². The van der Waals surface area contributed by atoms with Crippen LogP contribution in [0.2, 0.25) is 0 Å². The van der Waals surface area contributed by atoms with Crippen molar-refractivity contribution in [1.82, 2.24) is 14.5 Å². The Morgan fingerprint density at radius 1 is 1.24 bits per heavy atom. The molecule has 7 heteroatoms. The van der Waals surface area contributed by atoms with Crippen LogP contribution in [0.1, 0.15) is 45.9 Å². The van der Waals surface area contributed by atoms with Crippen molar-refractivity contribution in [3.05, 3.63) is 62.5 Å². The van der Waals surface area contributed by atoms with Gasteiger partial charge in [0.05, 0.1) is 16.9 Å². The maximum atomic E-state index is 13.3.